The molecular formula is C8H6BrFN2. The summed E-state index contributed by atoms with van der Waals surface area (Å²) in [5.74, 6) is -0.245. The number of hydrogen-bond acceptors (Lipinski definition) is 1. The number of H-pyrrole nitrogens is 1. The van der Waals surface area contributed by atoms with E-state index in [1.807, 2.05) is 13.0 Å². The third-order valence-corrected chi connectivity index (χ3v) is 2.28. The van der Waals surface area contributed by atoms with Crippen molar-refractivity contribution >= 4 is 26.8 Å². The Kier molecular flexibility index (Phi) is 1.65. The third-order valence-electron chi connectivity index (χ3n) is 1.71. The van der Waals surface area contributed by atoms with Crippen LogP contribution in [0.5, 0.6) is 0 Å². The Balaban J connectivity index is 2.93. The van der Waals surface area contributed by atoms with Crippen molar-refractivity contribution in [2.75, 3.05) is 0 Å². The zero-order chi connectivity index (χ0) is 8.72. The van der Waals surface area contributed by atoms with Crippen LogP contribution in [-0.4, -0.2) is 10.2 Å². The molecule has 12 heavy (non-hydrogen) atoms. The number of hydrogen-bond donors (Lipinski definition) is 1. The molecule has 0 fully saturated rings. The van der Waals surface area contributed by atoms with Crippen LogP contribution < -0.4 is 0 Å². The Morgan fingerprint density at radius 1 is 1.50 bits per heavy atom. The number of fused-ring (bicyclic) bond motifs is 1. The van der Waals surface area contributed by atoms with Gasteiger partial charge in [0.15, 0.2) is 0 Å². The predicted molar refractivity (Wildman–Crippen MR) is 48.5 cm³/mol. The minimum absolute atomic E-state index is 0.245. The van der Waals surface area contributed by atoms with Crippen LogP contribution in [-0.2, 0) is 0 Å². The molecular weight excluding hydrogens is 223 g/mol. The van der Waals surface area contributed by atoms with Crippen molar-refractivity contribution in [1.29, 1.82) is 0 Å². The Hall–Kier alpha value is -0.900. The molecule has 0 bridgehead atoms. The van der Waals surface area contributed by atoms with E-state index in [9.17, 15) is 4.39 Å². The lowest BCUT2D eigenvalue weighted by molar-refractivity contribution is 0.638. The fourth-order valence-electron chi connectivity index (χ4n) is 1.19. The van der Waals surface area contributed by atoms with Crippen LogP contribution in [0.25, 0.3) is 10.9 Å². The van der Waals surface area contributed by atoms with Gasteiger partial charge in [-0.2, -0.15) is 5.10 Å². The lowest BCUT2D eigenvalue weighted by Crippen LogP contribution is -1.79. The number of aromatic nitrogens is 2. The summed E-state index contributed by atoms with van der Waals surface area (Å²) in [5.41, 5.74) is 1.53. The second kappa shape index (κ2) is 2.55. The lowest BCUT2D eigenvalue weighted by atomic mass is 10.2. The van der Waals surface area contributed by atoms with Crippen molar-refractivity contribution in [3.8, 4) is 0 Å². The lowest BCUT2D eigenvalue weighted by Gasteiger charge is -1.94. The van der Waals surface area contributed by atoms with Gasteiger partial charge in [0, 0.05) is 0 Å². The SMILES string of the molecule is Cc1cc(F)c2c(Br)[nH]nc2c1. The zero-order valence-corrected chi connectivity index (χ0v) is 7.94. The molecule has 0 saturated heterocycles. The number of nitrogens with zero attached hydrogens (tertiary/aromatic N) is 1. The molecule has 62 valence electrons. The van der Waals surface area contributed by atoms with Gasteiger partial charge in [0.2, 0.25) is 0 Å². The van der Waals surface area contributed by atoms with Gasteiger partial charge in [-0.3, -0.25) is 5.10 Å². The molecule has 0 aliphatic heterocycles. The van der Waals surface area contributed by atoms with Crippen molar-refractivity contribution in [3.63, 3.8) is 0 Å². The van der Waals surface area contributed by atoms with Crippen LogP contribution in [0.2, 0.25) is 0 Å². The predicted octanol–water partition coefficient (Wildman–Crippen LogP) is 2.77. The molecule has 0 unspecified atom stereocenters. The van der Waals surface area contributed by atoms with Crippen LogP contribution in [0.15, 0.2) is 16.7 Å². The quantitative estimate of drug-likeness (QED) is 0.739. The van der Waals surface area contributed by atoms with E-state index in [2.05, 4.69) is 26.1 Å². The monoisotopic (exact) mass is 228 g/mol. The molecule has 1 heterocycles. The fourth-order valence-corrected chi connectivity index (χ4v) is 1.68. The molecule has 4 heteroatoms. The number of aromatic amines is 1. The molecule has 0 aliphatic rings. The molecule has 0 amide bonds. The highest BCUT2D eigenvalue weighted by molar-refractivity contribution is 9.10. The summed E-state index contributed by atoms with van der Waals surface area (Å²) in [5, 5.41) is 7.11. The van der Waals surface area contributed by atoms with Gasteiger partial charge >= 0.3 is 0 Å². The highest BCUT2D eigenvalue weighted by Crippen LogP contribution is 2.24. The van der Waals surface area contributed by atoms with Gasteiger partial charge in [0.1, 0.15) is 10.4 Å². The fraction of sp³-hybridized carbons (Fsp3) is 0.125. The van der Waals surface area contributed by atoms with Crippen molar-refractivity contribution in [2.24, 2.45) is 0 Å². The second-order valence-electron chi connectivity index (χ2n) is 2.68. The number of rotatable bonds is 0. The summed E-state index contributed by atoms with van der Waals surface area (Å²) in [6.07, 6.45) is 0. The summed E-state index contributed by atoms with van der Waals surface area (Å²) < 4.78 is 13.8. The van der Waals surface area contributed by atoms with Crippen molar-refractivity contribution in [3.05, 3.63) is 28.1 Å². The van der Waals surface area contributed by atoms with Crippen molar-refractivity contribution in [1.82, 2.24) is 10.2 Å². The van der Waals surface area contributed by atoms with Crippen LogP contribution >= 0.6 is 15.9 Å². The van der Waals surface area contributed by atoms with Crippen LogP contribution in [0.3, 0.4) is 0 Å². The average Bonchev–Trinajstić information content (AvgIpc) is 2.31. The van der Waals surface area contributed by atoms with Gasteiger partial charge in [-0.25, -0.2) is 4.39 Å². The van der Waals surface area contributed by atoms with E-state index in [0.717, 1.165) is 5.56 Å². The summed E-state index contributed by atoms with van der Waals surface area (Å²) >= 11 is 3.18. The number of nitrogens with one attached hydrogen (secondary N) is 1. The standard InChI is InChI=1S/C8H6BrFN2/c1-4-2-5(10)7-6(3-4)11-12-8(7)9/h2-3H,1H3,(H,11,12). The van der Waals surface area contributed by atoms with Gasteiger partial charge in [-0.05, 0) is 40.5 Å². The van der Waals surface area contributed by atoms with E-state index < -0.39 is 0 Å². The van der Waals surface area contributed by atoms with E-state index in [-0.39, 0.29) is 5.82 Å². The first-order valence-electron chi connectivity index (χ1n) is 3.48. The minimum atomic E-state index is -0.245. The first kappa shape index (κ1) is 7.73. The Labute approximate surface area is 76.9 Å². The molecule has 2 aromatic rings. The van der Waals surface area contributed by atoms with E-state index in [1.54, 1.807) is 0 Å². The van der Waals surface area contributed by atoms with E-state index in [1.165, 1.54) is 6.07 Å². The number of halogens is 2. The maximum atomic E-state index is 13.3. The first-order chi connectivity index (χ1) is 5.68. The smallest absolute Gasteiger partial charge is 0.135 e. The summed E-state index contributed by atoms with van der Waals surface area (Å²) in [7, 11) is 0. The Morgan fingerprint density at radius 3 is 3.00 bits per heavy atom. The number of aryl methyl sites for hydroxylation is 1. The molecule has 0 aliphatic carbocycles. The topological polar surface area (TPSA) is 28.7 Å². The third kappa shape index (κ3) is 1.03. The highest BCUT2D eigenvalue weighted by atomic mass is 79.9. The van der Waals surface area contributed by atoms with Crippen LogP contribution in [0.1, 0.15) is 5.56 Å². The maximum Gasteiger partial charge on any atom is 0.135 e. The molecule has 0 saturated carbocycles. The largest absolute Gasteiger partial charge is 0.270 e. The Bertz CT molecular complexity index is 436. The summed E-state index contributed by atoms with van der Waals surface area (Å²) in [6, 6.07) is 3.32. The molecule has 1 aromatic carbocycles. The first-order valence-corrected chi connectivity index (χ1v) is 4.27. The minimum Gasteiger partial charge on any atom is -0.270 e. The molecule has 1 N–H and O–H groups in total. The molecule has 2 nitrogen and oxygen atoms in total. The van der Waals surface area contributed by atoms with Crippen molar-refractivity contribution < 1.29 is 4.39 Å². The molecule has 2 rings (SSSR count). The second-order valence-corrected chi connectivity index (χ2v) is 3.47. The average molecular weight is 229 g/mol. The van der Waals surface area contributed by atoms with Gasteiger partial charge in [-0.1, -0.05) is 0 Å². The summed E-state index contributed by atoms with van der Waals surface area (Å²) in [6.45, 7) is 1.84. The number of benzene rings is 1. The molecule has 0 atom stereocenters. The van der Waals surface area contributed by atoms with Gasteiger partial charge in [0.05, 0.1) is 10.9 Å². The van der Waals surface area contributed by atoms with Crippen molar-refractivity contribution in [2.45, 2.75) is 6.92 Å². The Morgan fingerprint density at radius 2 is 2.25 bits per heavy atom. The van der Waals surface area contributed by atoms with Crippen LogP contribution in [0.4, 0.5) is 4.39 Å². The molecule has 0 spiro atoms. The van der Waals surface area contributed by atoms with Gasteiger partial charge in [-0.15, -0.1) is 0 Å². The zero-order valence-electron chi connectivity index (χ0n) is 6.36. The highest BCUT2D eigenvalue weighted by Gasteiger charge is 2.08. The van der Waals surface area contributed by atoms with Crippen LogP contribution in [0, 0.1) is 12.7 Å². The molecule has 1 aromatic heterocycles. The van der Waals surface area contributed by atoms with Gasteiger partial charge in [0.25, 0.3) is 0 Å². The van der Waals surface area contributed by atoms with Gasteiger partial charge < -0.3 is 0 Å². The molecule has 0 radical (unpaired) electrons. The van der Waals surface area contributed by atoms with E-state index >= 15 is 0 Å². The van der Waals surface area contributed by atoms with E-state index in [4.69, 9.17) is 0 Å². The van der Waals surface area contributed by atoms with E-state index in [0.29, 0.717) is 15.5 Å². The maximum absolute atomic E-state index is 13.3. The summed E-state index contributed by atoms with van der Waals surface area (Å²) in [4.78, 5) is 0. The normalized spacial score (nSPS) is 10.9.